The van der Waals surface area contributed by atoms with Gasteiger partial charge in [0, 0.05) is 5.41 Å². The SMILES string of the molecule is C/C(O)=C(/C#N)C(C)(C)C. The summed E-state index contributed by atoms with van der Waals surface area (Å²) in [4.78, 5) is 0. The first kappa shape index (κ1) is 9.03. The summed E-state index contributed by atoms with van der Waals surface area (Å²) >= 11 is 0. The Bertz CT molecular complexity index is 186. The van der Waals surface area contributed by atoms with Gasteiger partial charge >= 0.3 is 0 Å². The summed E-state index contributed by atoms with van der Waals surface area (Å²) in [6.45, 7) is 7.21. The van der Waals surface area contributed by atoms with Gasteiger partial charge < -0.3 is 5.11 Å². The molecule has 0 fully saturated rings. The highest BCUT2D eigenvalue weighted by Gasteiger charge is 2.18. The van der Waals surface area contributed by atoms with E-state index in [0.717, 1.165) is 0 Å². The zero-order valence-electron chi connectivity index (χ0n) is 6.89. The third kappa shape index (κ3) is 2.10. The van der Waals surface area contributed by atoms with E-state index in [4.69, 9.17) is 10.4 Å². The highest BCUT2D eigenvalue weighted by Crippen LogP contribution is 2.25. The molecule has 0 spiro atoms. The van der Waals surface area contributed by atoms with Crippen LogP contribution in [0.25, 0.3) is 0 Å². The van der Waals surface area contributed by atoms with Gasteiger partial charge in [0.25, 0.3) is 0 Å². The Morgan fingerprint density at radius 1 is 1.40 bits per heavy atom. The van der Waals surface area contributed by atoms with Gasteiger partial charge in [-0.15, -0.1) is 0 Å². The number of nitrogens with zero attached hydrogens (tertiary/aromatic N) is 1. The molecule has 0 aliphatic heterocycles. The van der Waals surface area contributed by atoms with Crippen LogP contribution in [0.3, 0.4) is 0 Å². The summed E-state index contributed by atoms with van der Waals surface area (Å²) in [5.74, 6) is 0.120. The smallest absolute Gasteiger partial charge is 0.103 e. The molecule has 2 heteroatoms. The standard InChI is InChI=1S/C8H13NO/c1-6(10)7(5-9)8(2,3)4/h10H,1-4H3/b7-6+. The monoisotopic (exact) mass is 139 g/mol. The van der Waals surface area contributed by atoms with Crippen molar-refractivity contribution >= 4 is 0 Å². The van der Waals surface area contributed by atoms with Crippen LogP contribution in [0.15, 0.2) is 11.3 Å². The van der Waals surface area contributed by atoms with Crippen LogP contribution in [0.1, 0.15) is 27.7 Å². The minimum absolute atomic E-state index is 0.120. The van der Waals surface area contributed by atoms with Gasteiger partial charge in [-0.25, -0.2) is 0 Å². The van der Waals surface area contributed by atoms with Gasteiger partial charge in [0.05, 0.1) is 11.6 Å². The maximum absolute atomic E-state index is 9.00. The second-order valence-electron chi connectivity index (χ2n) is 3.32. The quantitative estimate of drug-likeness (QED) is 0.413. The van der Waals surface area contributed by atoms with Crippen LogP contribution in [0.4, 0.5) is 0 Å². The lowest BCUT2D eigenvalue weighted by molar-refractivity contribution is 0.383. The number of aliphatic hydroxyl groups excluding tert-OH is 1. The zero-order chi connectivity index (χ0) is 8.36. The van der Waals surface area contributed by atoms with Crippen molar-refractivity contribution in [3.8, 4) is 6.07 Å². The molecule has 0 unspecified atom stereocenters. The summed E-state index contributed by atoms with van der Waals surface area (Å²) in [5, 5.41) is 17.6. The minimum Gasteiger partial charge on any atom is -0.512 e. The average Bonchev–Trinajstić information content (AvgIpc) is 1.60. The third-order valence-electron chi connectivity index (χ3n) is 1.22. The molecule has 0 aliphatic carbocycles. The molecule has 0 rings (SSSR count). The summed E-state index contributed by atoms with van der Waals surface area (Å²) < 4.78 is 0. The van der Waals surface area contributed by atoms with Crippen LogP contribution in [-0.4, -0.2) is 5.11 Å². The molecule has 0 heterocycles. The van der Waals surface area contributed by atoms with E-state index in [0.29, 0.717) is 5.57 Å². The van der Waals surface area contributed by atoms with Crippen molar-refractivity contribution in [2.24, 2.45) is 5.41 Å². The minimum atomic E-state index is -0.242. The van der Waals surface area contributed by atoms with Crippen LogP contribution < -0.4 is 0 Å². The summed E-state index contributed by atoms with van der Waals surface area (Å²) in [6, 6.07) is 1.97. The first-order valence-electron chi connectivity index (χ1n) is 3.20. The fraction of sp³-hybridized carbons (Fsp3) is 0.625. The van der Waals surface area contributed by atoms with E-state index < -0.39 is 0 Å². The number of rotatable bonds is 0. The van der Waals surface area contributed by atoms with Crippen LogP contribution in [0.5, 0.6) is 0 Å². The van der Waals surface area contributed by atoms with Gasteiger partial charge in [0.1, 0.15) is 5.76 Å². The van der Waals surface area contributed by atoms with E-state index in [1.54, 1.807) is 0 Å². The molecule has 0 aliphatic rings. The first-order valence-corrected chi connectivity index (χ1v) is 3.20. The van der Waals surface area contributed by atoms with Gasteiger partial charge in [0.2, 0.25) is 0 Å². The largest absolute Gasteiger partial charge is 0.512 e. The molecule has 0 amide bonds. The van der Waals surface area contributed by atoms with Crippen LogP contribution in [0, 0.1) is 16.7 Å². The van der Waals surface area contributed by atoms with Gasteiger partial charge in [-0.1, -0.05) is 20.8 Å². The topological polar surface area (TPSA) is 44.0 Å². The fourth-order valence-electron chi connectivity index (χ4n) is 0.791. The summed E-state index contributed by atoms with van der Waals surface area (Å²) in [5.41, 5.74) is 0.209. The summed E-state index contributed by atoms with van der Waals surface area (Å²) in [7, 11) is 0. The Morgan fingerprint density at radius 3 is 1.80 bits per heavy atom. The highest BCUT2D eigenvalue weighted by atomic mass is 16.3. The molecular weight excluding hydrogens is 126 g/mol. The number of hydrogen-bond acceptors (Lipinski definition) is 2. The van der Waals surface area contributed by atoms with Crippen molar-refractivity contribution in [2.75, 3.05) is 0 Å². The Hall–Kier alpha value is -0.970. The Morgan fingerprint density at radius 2 is 1.80 bits per heavy atom. The molecule has 2 nitrogen and oxygen atoms in total. The van der Waals surface area contributed by atoms with Crippen LogP contribution in [-0.2, 0) is 0 Å². The number of nitriles is 1. The van der Waals surface area contributed by atoms with Crippen molar-refractivity contribution in [3.63, 3.8) is 0 Å². The normalized spacial score (nSPS) is 13.9. The van der Waals surface area contributed by atoms with E-state index in [9.17, 15) is 0 Å². The van der Waals surface area contributed by atoms with Gasteiger partial charge in [-0.3, -0.25) is 0 Å². The van der Waals surface area contributed by atoms with Crippen molar-refractivity contribution < 1.29 is 5.11 Å². The van der Waals surface area contributed by atoms with E-state index in [-0.39, 0.29) is 11.2 Å². The molecule has 0 aromatic rings. The van der Waals surface area contributed by atoms with Crippen molar-refractivity contribution in [1.29, 1.82) is 5.26 Å². The molecule has 0 aromatic carbocycles. The summed E-state index contributed by atoms with van der Waals surface area (Å²) in [6.07, 6.45) is 0. The molecule has 0 bridgehead atoms. The molecule has 0 atom stereocenters. The molecule has 10 heavy (non-hydrogen) atoms. The van der Waals surface area contributed by atoms with E-state index in [1.165, 1.54) is 6.92 Å². The second-order valence-corrected chi connectivity index (χ2v) is 3.32. The lowest BCUT2D eigenvalue weighted by Crippen LogP contribution is -2.09. The van der Waals surface area contributed by atoms with Crippen LogP contribution in [0.2, 0.25) is 0 Å². The van der Waals surface area contributed by atoms with E-state index in [1.807, 2.05) is 26.8 Å². The average molecular weight is 139 g/mol. The Balaban J connectivity index is 4.78. The number of aliphatic hydroxyl groups is 1. The Kier molecular flexibility index (Phi) is 2.48. The molecule has 56 valence electrons. The zero-order valence-corrected chi connectivity index (χ0v) is 6.89. The van der Waals surface area contributed by atoms with Crippen molar-refractivity contribution in [1.82, 2.24) is 0 Å². The molecular formula is C8H13NO. The Labute approximate surface area is 61.8 Å². The van der Waals surface area contributed by atoms with E-state index in [2.05, 4.69) is 0 Å². The molecule has 0 aromatic heterocycles. The lowest BCUT2D eigenvalue weighted by atomic mass is 9.87. The maximum atomic E-state index is 9.00. The molecule has 0 radical (unpaired) electrons. The lowest BCUT2D eigenvalue weighted by Gasteiger charge is -2.16. The maximum Gasteiger partial charge on any atom is 0.103 e. The number of allylic oxidation sites excluding steroid dienone is 2. The predicted octanol–water partition coefficient (Wildman–Crippen LogP) is 2.39. The first-order chi connectivity index (χ1) is 4.39. The number of hydrogen-bond donors (Lipinski definition) is 1. The van der Waals surface area contributed by atoms with Crippen molar-refractivity contribution in [2.45, 2.75) is 27.7 Å². The van der Waals surface area contributed by atoms with Crippen molar-refractivity contribution in [3.05, 3.63) is 11.3 Å². The predicted molar refractivity (Wildman–Crippen MR) is 40.4 cm³/mol. The van der Waals surface area contributed by atoms with Gasteiger partial charge in [-0.05, 0) is 6.92 Å². The second kappa shape index (κ2) is 2.74. The van der Waals surface area contributed by atoms with Gasteiger partial charge in [0.15, 0.2) is 0 Å². The molecule has 1 N–H and O–H groups in total. The molecule has 0 saturated heterocycles. The third-order valence-corrected chi connectivity index (χ3v) is 1.22. The van der Waals surface area contributed by atoms with Gasteiger partial charge in [-0.2, -0.15) is 5.26 Å². The van der Waals surface area contributed by atoms with E-state index >= 15 is 0 Å². The highest BCUT2D eigenvalue weighted by molar-refractivity contribution is 5.28. The molecule has 0 saturated carbocycles. The van der Waals surface area contributed by atoms with Crippen LogP contribution >= 0.6 is 0 Å². The fourth-order valence-corrected chi connectivity index (χ4v) is 0.791.